The van der Waals surface area contributed by atoms with E-state index in [4.69, 9.17) is 20.3 Å². The van der Waals surface area contributed by atoms with E-state index in [9.17, 15) is 0 Å². The molecule has 0 saturated heterocycles. The molecule has 3 N–H and O–H groups in total. The Bertz CT molecular complexity index is 570. The monoisotopic (exact) mass is 320 g/mol. The summed E-state index contributed by atoms with van der Waals surface area (Å²) in [7, 11) is 0. The number of nitrogens with zero attached hydrogens (tertiary/aromatic N) is 1. The van der Waals surface area contributed by atoms with Gasteiger partial charge in [0.05, 0.1) is 18.7 Å². The van der Waals surface area contributed by atoms with Crippen molar-refractivity contribution >= 4 is 10.9 Å². The fourth-order valence-electron chi connectivity index (χ4n) is 2.82. The van der Waals surface area contributed by atoms with Gasteiger partial charge in [-0.3, -0.25) is 0 Å². The summed E-state index contributed by atoms with van der Waals surface area (Å²) in [5.74, 6) is 1.56. The summed E-state index contributed by atoms with van der Waals surface area (Å²) in [5, 5.41) is 10.3. The van der Waals surface area contributed by atoms with Crippen LogP contribution in [0.5, 0.6) is 11.5 Å². The van der Waals surface area contributed by atoms with Gasteiger partial charge < -0.3 is 24.9 Å². The van der Waals surface area contributed by atoms with Crippen molar-refractivity contribution in [1.82, 2.24) is 4.57 Å². The highest BCUT2D eigenvalue weighted by Crippen LogP contribution is 2.35. The molecule has 0 radical (unpaired) electrons. The maximum absolute atomic E-state index is 9.13. The van der Waals surface area contributed by atoms with Crippen molar-refractivity contribution in [1.29, 1.82) is 0 Å². The number of fused-ring (bicyclic) bond motifs is 1. The van der Waals surface area contributed by atoms with E-state index in [0.29, 0.717) is 19.8 Å². The third-order valence-corrected chi connectivity index (χ3v) is 3.84. The van der Waals surface area contributed by atoms with Crippen LogP contribution in [0.25, 0.3) is 10.9 Å². The molecular formula is C18H28N2O3. The Morgan fingerprint density at radius 2 is 1.78 bits per heavy atom. The van der Waals surface area contributed by atoms with Crippen molar-refractivity contribution in [2.24, 2.45) is 5.73 Å². The zero-order valence-electron chi connectivity index (χ0n) is 14.2. The lowest BCUT2D eigenvalue weighted by atomic mass is 10.1. The molecule has 0 aliphatic carbocycles. The molecule has 0 unspecified atom stereocenters. The quantitative estimate of drug-likeness (QED) is 0.706. The molecule has 0 saturated carbocycles. The van der Waals surface area contributed by atoms with Crippen LogP contribution in [-0.4, -0.2) is 36.0 Å². The normalized spacial score (nSPS) is 11.1. The van der Waals surface area contributed by atoms with E-state index in [-0.39, 0.29) is 6.61 Å². The first-order valence-electron chi connectivity index (χ1n) is 8.47. The molecule has 5 nitrogen and oxygen atoms in total. The molecule has 2 aromatic rings. The molecule has 5 heteroatoms. The van der Waals surface area contributed by atoms with Gasteiger partial charge in [-0.1, -0.05) is 0 Å². The van der Waals surface area contributed by atoms with Crippen LogP contribution in [0.3, 0.4) is 0 Å². The van der Waals surface area contributed by atoms with Crippen molar-refractivity contribution in [2.45, 2.75) is 39.7 Å². The predicted molar refractivity (Wildman–Crippen MR) is 93.4 cm³/mol. The van der Waals surface area contributed by atoms with Gasteiger partial charge in [0, 0.05) is 30.8 Å². The van der Waals surface area contributed by atoms with Gasteiger partial charge >= 0.3 is 0 Å². The minimum Gasteiger partial charge on any atom is -0.490 e. The second kappa shape index (κ2) is 8.79. The topological polar surface area (TPSA) is 69.6 Å². The molecular weight excluding hydrogens is 292 g/mol. The highest BCUT2D eigenvalue weighted by Gasteiger charge is 2.14. The lowest BCUT2D eigenvalue weighted by molar-refractivity contribution is 0.288. The molecule has 2 rings (SSSR count). The number of aliphatic hydroxyl groups is 1. The Hall–Kier alpha value is -1.72. The van der Waals surface area contributed by atoms with E-state index in [1.54, 1.807) is 0 Å². The number of hydrogen-bond acceptors (Lipinski definition) is 4. The lowest BCUT2D eigenvalue weighted by Crippen LogP contribution is -2.05. The average molecular weight is 320 g/mol. The summed E-state index contributed by atoms with van der Waals surface area (Å²) in [4.78, 5) is 0. The first-order valence-corrected chi connectivity index (χ1v) is 8.47. The number of aliphatic hydroxyl groups excluding tert-OH is 1. The van der Waals surface area contributed by atoms with Crippen LogP contribution in [0.2, 0.25) is 0 Å². The summed E-state index contributed by atoms with van der Waals surface area (Å²) in [5.41, 5.74) is 8.03. The van der Waals surface area contributed by atoms with Gasteiger partial charge in [-0.15, -0.1) is 0 Å². The summed E-state index contributed by atoms with van der Waals surface area (Å²) in [6, 6.07) is 4.12. The van der Waals surface area contributed by atoms with Gasteiger partial charge in [0.15, 0.2) is 11.5 Å². The molecule has 0 bridgehead atoms. The van der Waals surface area contributed by atoms with Crippen LogP contribution in [-0.2, 0) is 13.0 Å². The van der Waals surface area contributed by atoms with Crippen LogP contribution in [0, 0.1) is 0 Å². The van der Waals surface area contributed by atoms with Gasteiger partial charge in [-0.05, 0) is 51.3 Å². The van der Waals surface area contributed by atoms with E-state index in [1.807, 2.05) is 13.8 Å². The Morgan fingerprint density at radius 3 is 2.39 bits per heavy atom. The number of ether oxygens (including phenoxy) is 2. The fourth-order valence-corrected chi connectivity index (χ4v) is 2.82. The first-order chi connectivity index (χ1) is 11.2. The first kappa shape index (κ1) is 17.6. The number of nitrogens with two attached hydrogens (primary N) is 1. The van der Waals surface area contributed by atoms with Gasteiger partial charge in [-0.2, -0.15) is 0 Å². The zero-order chi connectivity index (χ0) is 16.7. The summed E-state index contributed by atoms with van der Waals surface area (Å²) in [6.07, 6.45) is 4.71. The van der Waals surface area contributed by atoms with Crippen LogP contribution >= 0.6 is 0 Å². The maximum atomic E-state index is 9.13. The molecule has 0 amide bonds. The van der Waals surface area contributed by atoms with Crippen LogP contribution in [0.1, 0.15) is 32.3 Å². The summed E-state index contributed by atoms with van der Waals surface area (Å²) >= 11 is 0. The Balaban J connectivity index is 2.50. The average Bonchev–Trinajstić information content (AvgIpc) is 2.88. The molecule has 23 heavy (non-hydrogen) atoms. The number of aryl methyl sites for hydroxylation is 2. The van der Waals surface area contributed by atoms with Gasteiger partial charge in [0.25, 0.3) is 0 Å². The van der Waals surface area contributed by atoms with Crippen LogP contribution in [0.4, 0.5) is 0 Å². The second-order valence-electron chi connectivity index (χ2n) is 5.50. The fraction of sp³-hybridized carbons (Fsp3) is 0.556. The number of hydrogen-bond donors (Lipinski definition) is 2. The van der Waals surface area contributed by atoms with E-state index in [2.05, 4.69) is 22.9 Å². The molecule has 128 valence electrons. The van der Waals surface area contributed by atoms with Crippen molar-refractivity contribution < 1.29 is 14.6 Å². The largest absolute Gasteiger partial charge is 0.490 e. The SMILES string of the molecule is CCOc1cc2c(CCCO)cn(CCCN)c2cc1OCC. The lowest BCUT2D eigenvalue weighted by Gasteiger charge is -2.12. The van der Waals surface area contributed by atoms with E-state index in [1.165, 1.54) is 10.9 Å². The van der Waals surface area contributed by atoms with Gasteiger partial charge in [-0.25, -0.2) is 0 Å². The standard InChI is InChI=1S/C18H28N2O3/c1-3-22-17-11-15-14(7-5-10-21)13-20(9-6-8-19)16(15)12-18(17)23-4-2/h11-13,21H,3-10,19H2,1-2H3. The van der Waals surface area contributed by atoms with Crippen molar-refractivity contribution in [3.8, 4) is 11.5 Å². The predicted octanol–water partition coefficient (Wildman–Crippen LogP) is 2.71. The van der Waals surface area contributed by atoms with E-state index in [0.717, 1.165) is 42.8 Å². The molecule has 1 aromatic heterocycles. The summed E-state index contributed by atoms with van der Waals surface area (Å²) < 4.78 is 13.7. The minimum absolute atomic E-state index is 0.199. The number of rotatable bonds is 10. The van der Waals surface area contributed by atoms with E-state index >= 15 is 0 Å². The smallest absolute Gasteiger partial charge is 0.163 e. The minimum atomic E-state index is 0.199. The van der Waals surface area contributed by atoms with Gasteiger partial charge in [0.1, 0.15) is 0 Å². The third-order valence-electron chi connectivity index (χ3n) is 3.84. The number of aromatic nitrogens is 1. The molecule has 1 heterocycles. The highest BCUT2D eigenvalue weighted by molar-refractivity contribution is 5.87. The Kier molecular flexibility index (Phi) is 6.74. The van der Waals surface area contributed by atoms with Crippen molar-refractivity contribution in [3.05, 3.63) is 23.9 Å². The van der Waals surface area contributed by atoms with E-state index < -0.39 is 0 Å². The molecule has 0 fully saturated rings. The van der Waals surface area contributed by atoms with Gasteiger partial charge in [0.2, 0.25) is 0 Å². The molecule has 1 aromatic carbocycles. The molecule has 0 atom stereocenters. The maximum Gasteiger partial charge on any atom is 0.163 e. The Morgan fingerprint density at radius 1 is 1.09 bits per heavy atom. The van der Waals surface area contributed by atoms with Crippen molar-refractivity contribution in [2.75, 3.05) is 26.4 Å². The summed E-state index contributed by atoms with van der Waals surface area (Å²) in [6.45, 7) is 6.90. The second-order valence-corrected chi connectivity index (χ2v) is 5.50. The van der Waals surface area contributed by atoms with Crippen molar-refractivity contribution in [3.63, 3.8) is 0 Å². The molecule has 0 spiro atoms. The third kappa shape index (κ3) is 4.18. The molecule has 0 aliphatic rings. The zero-order valence-corrected chi connectivity index (χ0v) is 14.2. The Labute approximate surface area is 138 Å². The molecule has 0 aliphatic heterocycles. The highest BCUT2D eigenvalue weighted by atomic mass is 16.5. The van der Waals surface area contributed by atoms with Crippen LogP contribution < -0.4 is 15.2 Å². The number of benzene rings is 1. The van der Waals surface area contributed by atoms with Crippen LogP contribution in [0.15, 0.2) is 18.3 Å².